The topological polar surface area (TPSA) is 103 Å². The minimum Gasteiger partial charge on any atom is -0.455 e. The number of thioether (sulfide) groups is 1. The van der Waals surface area contributed by atoms with Crippen LogP contribution in [0.4, 0.5) is 19.0 Å². The number of furan rings is 1. The molecule has 0 radical (unpaired) electrons. The van der Waals surface area contributed by atoms with Crippen LogP contribution in [0.5, 0.6) is 0 Å². The molecule has 200 valence electrons. The fourth-order valence-electron chi connectivity index (χ4n) is 4.12. The molecule has 0 N–H and O–H groups in total. The van der Waals surface area contributed by atoms with Gasteiger partial charge in [0.25, 0.3) is 5.91 Å². The van der Waals surface area contributed by atoms with E-state index < -0.39 is 11.9 Å². The van der Waals surface area contributed by atoms with Gasteiger partial charge in [-0.1, -0.05) is 11.8 Å². The van der Waals surface area contributed by atoms with Gasteiger partial charge in [0.2, 0.25) is 11.8 Å². The van der Waals surface area contributed by atoms with E-state index in [-0.39, 0.29) is 40.2 Å². The van der Waals surface area contributed by atoms with Gasteiger partial charge in [-0.3, -0.25) is 14.4 Å². The summed E-state index contributed by atoms with van der Waals surface area (Å²) in [5.74, 6) is 0.375. The Morgan fingerprint density at radius 1 is 0.892 bits per heavy atom. The van der Waals surface area contributed by atoms with Gasteiger partial charge in [0.05, 0.1) is 5.75 Å². The van der Waals surface area contributed by atoms with Crippen molar-refractivity contribution in [1.29, 1.82) is 0 Å². The van der Waals surface area contributed by atoms with Crippen LogP contribution in [-0.4, -0.2) is 94.7 Å². The molecule has 2 aromatic heterocycles. The van der Waals surface area contributed by atoms with Crippen LogP contribution >= 0.6 is 11.8 Å². The molecular formula is C23H27F3N6O4S. The van der Waals surface area contributed by atoms with Crippen molar-refractivity contribution in [3.8, 4) is 0 Å². The zero-order chi connectivity index (χ0) is 26.7. The van der Waals surface area contributed by atoms with Gasteiger partial charge in [0.15, 0.2) is 16.6 Å². The van der Waals surface area contributed by atoms with E-state index in [4.69, 9.17) is 4.42 Å². The minimum absolute atomic E-state index is 0.0392. The average molecular weight is 541 g/mol. The van der Waals surface area contributed by atoms with Crippen LogP contribution in [0.15, 0.2) is 27.8 Å². The normalized spacial score (nSPS) is 16.8. The second-order valence-electron chi connectivity index (χ2n) is 8.74. The lowest BCUT2D eigenvalue weighted by Crippen LogP contribution is -2.50. The number of hydrogen-bond donors (Lipinski definition) is 0. The van der Waals surface area contributed by atoms with E-state index >= 15 is 0 Å². The Kier molecular flexibility index (Phi) is 7.95. The summed E-state index contributed by atoms with van der Waals surface area (Å²) in [6, 6.07) is 4.05. The fourth-order valence-corrected chi connectivity index (χ4v) is 4.87. The number of carbonyl (C=O) groups is 3. The molecule has 2 fully saturated rings. The van der Waals surface area contributed by atoms with Crippen molar-refractivity contribution in [2.45, 2.75) is 30.9 Å². The summed E-state index contributed by atoms with van der Waals surface area (Å²) in [4.78, 5) is 50.4. The number of amides is 3. The van der Waals surface area contributed by atoms with Crippen LogP contribution in [0, 0.1) is 0 Å². The molecule has 2 aromatic rings. The molecule has 3 amide bonds. The van der Waals surface area contributed by atoms with E-state index in [0.29, 0.717) is 58.1 Å². The molecule has 10 nitrogen and oxygen atoms in total. The molecule has 0 unspecified atom stereocenters. The maximum Gasteiger partial charge on any atom is 0.433 e. The second-order valence-corrected chi connectivity index (χ2v) is 9.68. The quantitative estimate of drug-likeness (QED) is 0.421. The predicted molar refractivity (Wildman–Crippen MR) is 128 cm³/mol. The third kappa shape index (κ3) is 6.53. The molecule has 2 aliphatic heterocycles. The Morgan fingerprint density at radius 2 is 1.46 bits per heavy atom. The first kappa shape index (κ1) is 26.8. The van der Waals surface area contributed by atoms with Gasteiger partial charge in [-0.25, -0.2) is 9.97 Å². The smallest absolute Gasteiger partial charge is 0.433 e. The molecule has 2 saturated heterocycles. The Hall–Kier alpha value is -3.29. The SMILES string of the molecule is CC(=O)N1CCN(C(=O)c2ccc(CSc3nc(N4CCN(C(C)=O)CC4)cc(C(F)(F)F)n3)o2)CC1. The predicted octanol–water partition coefficient (Wildman–Crippen LogP) is 2.35. The van der Waals surface area contributed by atoms with E-state index in [0.717, 1.165) is 17.8 Å². The number of carbonyl (C=O) groups excluding carboxylic acids is 3. The molecule has 4 rings (SSSR count). The molecule has 0 aromatic carbocycles. The molecule has 0 atom stereocenters. The maximum absolute atomic E-state index is 13.5. The van der Waals surface area contributed by atoms with Gasteiger partial charge in [-0.15, -0.1) is 0 Å². The summed E-state index contributed by atoms with van der Waals surface area (Å²) in [7, 11) is 0. The van der Waals surface area contributed by atoms with Crippen molar-refractivity contribution in [3.05, 3.63) is 35.4 Å². The minimum atomic E-state index is -4.65. The third-order valence-electron chi connectivity index (χ3n) is 6.26. The number of anilines is 1. The van der Waals surface area contributed by atoms with E-state index in [1.54, 1.807) is 25.7 Å². The maximum atomic E-state index is 13.5. The van der Waals surface area contributed by atoms with Crippen LogP contribution in [0.3, 0.4) is 0 Å². The molecule has 0 bridgehead atoms. The second kappa shape index (κ2) is 11.0. The Balaban J connectivity index is 1.41. The van der Waals surface area contributed by atoms with Gasteiger partial charge in [0, 0.05) is 72.3 Å². The van der Waals surface area contributed by atoms with Crippen molar-refractivity contribution >= 4 is 35.3 Å². The van der Waals surface area contributed by atoms with Crippen molar-refractivity contribution in [3.63, 3.8) is 0 Å². The lowest BCUT2D eigenvalue weighted by molar-refractivity contribution is -0.141. The Morgan fingerprint density at radius 3 is 2.03 bits per heavy atom. The zero-order valence-corrected chi connectivity index (χ0v) is 21.3. The molecule has 4 heterocycles. The summed E-state index contributed by atoms with van der Waals surface area (Å²) < 4.78 is 46.2. The van der Waals surface area contributed by atoms with Crippen molar-refractivity contribution in [2.24, 2.45) is 0 Å². The fraction of sp³-hybridized carbons (Fsp3) is 0.522. The monoisotopic (exact) mass is 540 g/mol. The first-order chi connectivity index (χ1) is 17.5. The van der Waals surface area contributed by atoms with Gasteiger partial charge in [0.1, 0.15) is 11.6 Å². The van der Waals surface area contributed by atoms with Gasteiger partial charge >= 0.3 is 6.18 Å². The van der Waals surface area contributed by atoms with Gasteiger partial charge in [-0.05, 0) is 12.1 Å². The van der Waals surface area contributed by atoms with E-state index in [1.165, 1.54) is 19.9 Å². The van der Waals surface area contributed by atoms with Crippen LogP contribution in [0.2, 0.25) is 0 Å². The molecule has 37 heavy (non-hydrogen) atoms. The molecule has 14 heteroatoms. The summed E-state index contributed by atoms with van der Waals surface area (Å²) in [5.41, 5.74) is -1.05. The van der Waals surface area contributed by atoms with Crippen LogP contribution in [0.25, 0.3) is 0 Å². The number of hydrogen-bond acceptors (Lipinski definition) is 8. The number of aromatic nitrogens is 2. The van der Waals surface area contributed by atoms with E-state index in [1.807, 2.05) is 0 Å². The van der Waals surface area contributed by atoms with Gasteiger partial charge in [-0.2, -0.15) is 13.2 Å². The highest BCUT2D eigenvalue weighted by atomic mass is 32.2. The summed E-state index contributed by atoms with van der Waals surface area (Å²) >= 11 is 0.975. The molecule has 2 aliphatic rings. The molecular weight excluding hydrogens is 513 g/mol. The lowest BCUT2D eigenvalue weighted by Gasteiger charge is -2.35. The van der Waals surface area contributed by atoms with Crippen molar-refractivity contribution in [1.82, 2.24) is 24.7 Å². The summed E-state index contributed by atoms with van der Waals surface area (Å²) in [6.07, 6.45) is -4.65. The molecule has 0 saturated carbocycles. The number of nitrogens with zero attached hydrogens (tertiary/aromatic N) is 6. The first-order valence-electron chi connectivity index (χ1n) is 11.7. The average Bonchev–Trinajstić information content (AvgIpc) is 3.35. The molecule has 0 aliphatic carbocycles. The Bertz CT molecular complexity index is 1160. The number of alkyl halides is 3. The first-order valence-corrected chi connectivity index (χ1v) is 12.7. The summed E-state index contributed by atoms with van der Waals surface area (Å²) in [5, 5.41) is -0.0662. The zero-order valence-electron chi connectivity index (χ0n) is 20.5. The van der Waals surface area contributed by atoms with Crippen LogP contribution < -0.4 is 4.90 Å². The number of piperazine rings is 2. The highest BCUT2D eigenvalue weighted by molar-refractivity contribution is 7.98. The highest BCUT2D eigenvalue weighted by Gasteiger charge is 2.35. The van der Waals surface area contributed by atoms with E-state index in [2.05, 4.69) is 9.97 Å². The summed E-state index contributed by atoms with van der Waals surface area (Å²) in [6.45, 7) is 6.15. The Labute approximate surface area is 215 Å². The highest BCUT2D eigenvalue weighted by Crippen LogP contribution is 2.32. The van der Waals surface area contributed by atoms with Crippen LogP contribution in [-0.2, 0) is 21.5 Å². The largest absolute Gasteiger partial charge is 0.455 e. The standard InChI is InChI=1S/C23H27F3N6O4S/c1-15(33)29-5-9-31(10-6-29)20-13-19(23(24,25)26)27-22(28-20)37-14-17-3-4-18(36-17)21(35)32-11-7-30(8-12-32)16(2)34/h3-4,13H,5-12,14H2,1-2H3. The van der Waals surface area contributed by atoms with Crippen molar-refractivity contribution in [2.75, 3.05) is 57.3 Å². The van der Waals surface area contributed by atoms with Crippen LogP contribution in [0.1, 0.15) is 35.9 Å². The van der Waals surface area contributed by atoms with Gasteiger partial charge < -0.3 is 24.0 Å². The molecule has 0 spiro atoms. The van der Waals surface area contributed by atoms with E-state index in [9.17, 15) is 27.6 Å². The van der Waals surface area contributed by atoms with Crippen molar-refractivity contribution < 1.29 is 32.0 Å². The third-order valence-corrected chi connectivity index (χ3v) is 7.13. The number of halogens is 3. The number of rotatable bonds is 5. The lowest BCUT2D eigenvalue weighted by atomic mass is 10.3.